The van der Waals surface area contributed by atoms with Crippen molar-refractivity contribution < 1.29 is 14.3 Å². The molecule has 0 saturated carbocycles. The second-order valence-corrected chi connectivity index (χ2v) is 6.48. The number of amides is 1. The fourth-order valence-electron chi connectivity index (χ4n) is 2.65. The van der Waals surface area contributed by atoms with Gasteiger partial charge < -0.3 is 14.8 Å². The Balaban J connectivity index is 1.86. The summed E-state index contributed by atoms with van der Waals surface area (Å²) in [6.45, 7) is 7.33. The van der Waals surface area contributed by atoms with Crippen LogP contribution in [0.25, 0.3) is 0 Å². The second-order valence-electron chi connectivity index (χ2n) is 6.48. The molecule has 4 heteroatoms. The first-order chi connectivity index (χ1) is 12.6. The summed E-state index contributed by atoms with van der Waals surface area (Å²) in [6, 6.07) is 15.4. The third kappa shape index (κ3) is 6.10. The molecule has 2 aromatic rings. The number of hydrogen-bond donors (Lipinski definition) is 1. The Morgan fingerprint density at radius 3 is 2.46 bits per heavy atom. The minimum absolute atomic E-state index is 0.0311. The average molecular weight is 355 g/mol. The summed E-state index contributed by atoms with van der Waals surface area (Å²) in [7, 11) is 0. The maximum atomic E-state index is 12.5. The minimum atomic E-state index is -0.100. The number of carbonyl (C=O) groups is 1. The molecule has 1 N–H and O–H groups in total. The molecule has 2 aromatic carbocycles. The number of aryl methyl sites for hydroxylation is 1. The lowest BCUT2D eigenvalue weighted by Crippen LogP contribution is -2.25. The van der Waals surface area contributed by atoms with Crippen molar-refractivity contribution in [3.05, 3.63) is 59.7 Å². The van der Waals surface area contributed by atoms with E-state index in [4.69, 9.17) is 9.47 Å². The number of carbonyl (C=O) groups excluding carboxylic acids is 1. The van der Waals surface area contributed by atoms with Crippen molar-refractivity contribution in [2.75, 3.05) is 13.2 Å². The molecule has 0 aliphatic heterocycles. The van der Waals surface area contributed by atoms with Crippen LogP contribution in [0.15, 0.2) is 48.5 Å². The molecule has 0 spiro atoms. The molecule has 0 saturated heterocycles. The van der Waals surface area contributed by atoms with Crippen molar-refractivity contribution in [3.63, 3.8) is 0 Å². The van der Waals surface area contributed by atoms with Crippen molar-refractivity contribution in [1.82, 2.24) is 5.32 Å². The van der Waals surface area contributed by atoms with Crippen LogP contribution in [0.5, 0.6) is 11.5 Å². The highest BCUT2D eigenvalue weighted by atomic mass is 16.5. The highest BCUT2D eigenvalue weighted by Crippen LogP contribution is 2.21. The predicted octanol–water partition coefficient (Wildman–Crippen LogP) is 4.63. The Morgan fingerprint density at radius 2 is 1.73 bits per heavy atom. The first-order valence-corrected chi connectivity index (χ1v) is 9.36. The minimum Gasteiger partial charge on any atom is -0.493 e. The highest BCUT2D eigenvalue weighted by Gasteiger charge is 2.12. The molecule has 0 radical (unpaired) electrons. The van der Waals surface area contributed by atoms with Gasteiger partial charge in [0, 0.05) is 6.54 Å². The fraction of sp³-hybridized carbons (Fsp3) is 0.409. The van der Waals surface area contributed by atoms with Gasteiger partial charge in [0.05, 0.1) is 18.3 Å². The molecule has 0 heterocycles. The summed E-state index contributed by atoms with van der Waals surface area (Å²) in [5, 5.41) is 2.99. The van der Waals surface area contributed by atoms with E-state index in [1.54, 1.807) is 6.07 Å². The zero-order valence-corrected chi connectivity index (χ0v) is 16.0. The number of hydrogen-bond acceptors (Lipinski definition) is 3. The van der Waals surface area contributed by atoms with E-state index >= 15 is 0 Å². The number of rotatable bonds is 10. The number of benzene rings is 2. The summed E-state index contributed by atoms with van der Waals surface area (Å²) >= 11 is 0. The standard InChI is InChI=1S/C22H29NO3/c1-4-16-25-20-13-7-5-10-18(20)11-9-15-23-22(24)19-12-6-8-14-21(19)26-17(2)3/h5-8,10,12-14,17H,4,9,11,15-16H2,1-3H3,(H,23,24). The van der Waals surface area contributed by atoms with Crippen LogP contribution < -0.4 is 14.8 Å². The van der Waals surface area contributed by atoms with Crippen molar-refractivity contribution in [1.29, 1.82) is 0 Å². The molecule has 0 atom stereocenters. The average Bonchev–Trinajstić information content (AvgIpc) is 2.64. The summed E-state index contributed by atoms with van der Waals surface area (Å²) in [5.41, 5.74) is 1.76. The second kappa shape index (κ2) is 10.5. The summed E-state index contributed by atoms with van der Waals surface area (Å²) in [5.74, 6) is 1.46. The van der Waals surface area contributed by atoms with Gasteiger partial charge in [-0.15, -0.1) is 0 Å². The molecule has 0 bridgehead atoms. The molecule has 1 amide bonds. The van der Waals surface area contributed by atoms with Gasteiger partial charge >= 0.3 is 0 Å². The first kappa shape index (κ1) is 19.8. The molecular formula is C22H29NO3. The van der Waals surface area contributed by atoms with E-state index in [0.29, 0.717) is 17.9 Å². The van der Waals surface area contributed by atoms with Crippen LogP contribution in [0.2, 0.25) is 0 Å². The normalized spacial score (nSPS) is 10.6. The third-order valence-corrected chi connectivity index (χ3v) is 3.84. The van der Waals surface area contributed by atoms with Gasteiger partial charge in [-0.2, -0.15) is 0 Å². The van der Waals surface area contributed by atoms with Gasteiger partial charge in [0.25, 0.3) is 5.91 Å². The van der Waals surface area contributed by atoms with E-state index in [9.17, 15) is 4.79 Å². The molecule has 4 nitrogen and oxygen atoms in total. The van der Waals surface area contributed by atoms with Crippen LogP contribution >= 0.6 is 0 Å². The SMILES string of the molecule is CCCOc1ccccc1CCCNC(=O)c1ccccc1OC(C)C. The lowest BCUT2D eigenvalue weighted by atomic mass is 10.1. The van der Waals surface area contributed by atoms with Gasteiger partial charge in [-0.1, -0.05) is 37.3 Å². The zero-order valence-electron chi connectivity index (χ0n) is 16.0. The summed E-state index contributed by atoms with van der Waals surface area (Å²) in [6.07, 6.45) is 2.74. The molecule has 140 valence electrons. The highest BCUT2D eigenvalue weighted by molar-refractivity contribution is 5.96. The van der Waals surface area contributed by atoms with Crippen LogP contribution in [-0.4, -0.2) is 25.2 Å². The van der Waals surface area contributed by atoms with Crippen molar-refractivity contribution >= 4 is 5.91 Å². The molecule has 0 aliphatic rings. The van der Waals surface area contributed by atoms with Gasteiger partial charge in [0.1, 0.15) is 11.5 Å². The van der Waals surface area contributed by atoms with E-state index in [1.165, 1.54) is 5.56 Å². The van der Waals surface area contributed by atoms with Gasteiger partial charge in [-0.05, 0) is 56.9 Å². The number of para-hydroxylation sites is 2. The molecule has 0 fully saturated rings. The Kier molecular flexibility index (Phi) is 8.00. The van der Waals surface area contributed by atoms with E-state index in [1.807, 2.05) is 50.2 Å². The smallest absolute Gasteiger partial charge is 0.255 e. The quantitative estimate of drug-likeness (QED) is 0.632. The first-order valence-electron chi connectivity index (χ1n) is 9.36. The maximum absolute atomic E-state index is 12.5. The zero-order chi connectivity index (χ0) is 18.8. The molecular weight excluding hydrogens is 326 g/mol. The lowest BCUT2D eigenvalue weighted by Gasteiger charge is -2.14. The largest absolute Gasteiger partial charge is 0.493 e. The Bertz CT molecular complexity index is 697. The van der Waals surface area contributed by atoms with E-state index in [0.717, 1.165) is 31.6 Å². The monoisotopic (exact) mass is 355 g/mol. The van der Waals surface area contributed by atoms with Crippen molar-refractivity contribution in [2.45, 2.75) is 46.1 Å². The van der Waals surface area contributed by atoms with E-state index in [2.05, 4.69) is 18.3 Å². The Morgan fingerprint density at radius 1 is 1.04 bits per heavy atom. The molecule has 0 aromatic heterocycles. The molecule has 0 aliphatic carbocycles. The molecule has 26 heavy (non-hydrogen) atoms. The van der Waals surface area contributed by atoms with Crippen LogP contribution in [0, 0.1) is 0 Å². The molecule has 0 unspecified atom stereocenters. The van der Waals surface area contributed by atoms with Gasteiger partial charge in [0.2, 0.25) is 0 Å². The van der Waals surface area contributed by atoms with Gasteiger partial charge in [0.15, 0.2) is 0 Å². The van der Waals surface area contributed by atoms with Gasteiger partial charge in [-0.3, -0.25) is 4.79 Å². The lowest BCUT2D eigenvalue weighted by molar-refractivity contribution is 0.0947. The predicted molar refractivity (Wildman–Crippen MR) is 105 cm³/mol. The van der Waals surface area contributed by atoms with Crippen LogP contribution in [0.1, 0.15) is 49.5 Å². The maximum Gasteiger partial charge on any atom is 0.255 e. The van der Waals surface area contributed by atoms with Crippen LogP contribution in [0.4, 0.5) is 0 Å². The summed E-state index contributed by atoms with van der Waals surface area (Å²) < 4.78 is 11.5. The number of nitrogens with one attached hydrogen (secondary N) is 1. The topological polar surface area (TPSA) is 47.6 Å². The summed E-state index contributed by atoms with van der Waals surface area (Å²) in [4.78, 5) is 12.5. The number of ether oxygens (including phenoxy) is 2. The fourth-order valence-corrected chi connectivity index (χ4v) is 2.65. The Labute approximate surface area is 156 Å². The third-order valence-electron chi connectivity index (χ3n) is 3.84. The van der Waals surface area contributed by atoms with Crippen LogP contribution in [0.3, 0.4) is 0 Å². The Hall–Kier alpha value is -2.49. The van der Waals surface area contributed by atoms with Crippen molar-refractivity contribution in [2.24, 2.45) is 0 Å². The molecule has 2 rings (SSSR count). The van der Waals surface area contributed by atoms with Gasteiger partial charge in [-0.25, -0.2) is 0 Å². The van der Waals surface area contributed by atoms with E-state index < -0.39 is 0 Å². The van der Waals surface area contributed by atoms with Crippen molar-refractivity contribution in [3.8, 4) is 11.5 Å². The van der Waals surface area contributed by atoms with E-state index in [-0.39, 0.29) is 12.0 Å². The van der Waals surface area contributed by atoms with Crippen LogP contribution in [-0.2, 0) is 6.42 Å².